The van der Waals surface area contributed by atoms with Crippen molar-refractivity contribution in [2.24, 2.45) is 0 Å². The molecule has 1 aromatic rings. The molecule has 0 bridgehead atoms. The van der Waals surface area contributed by atoms with Crippen molar-refractivity contribution in [2.45, 2.75) is 12.8 Å². The maximum Gasteiger partial charge on any atom is 0.218 e. The fourth-order valence-corrected chi connectivity index (χ4v) is 1.44. The second-order valence-corrected chi connectivity index (χ2v) is 2.89. The first-order valence-corrected chi connectivity index (χ1v) is 4.09. The minimum atomic E-state index is -0.452. The van der Waals surface area contributed by atoms with Crippen LogP contribution in [0.4, 0.5) is 10.2 Å². The summed E-state index contributed by atoms with van der Waals surface area (Å²) in [6.07, 6.45) is 3.61. The number of hydrogen-bond donors (Lipinski definition) is 0. The zero-order chi connectivity index (χ0) is 8.39. The van der Waals surface area contributed by atoms with Gasteiger partial charge in [-0.1, -0.05) is 0 Å². The first-order chi connectivity index (χ1) is 5.86. The first kappa shape index (κ1) is 7.46. The van der Waals surface area contributed by atoms with Crippen molar-refractivity contribution in [1.29, 1.82) is 0 Å². The Morgan fingerprint density at radius 1 is 1.25 bits per heavy atom. The summed E-state index contributed by atoms with van der Waals surface area (Å²) in [7, 11) is 0. The summed E-state index contributed by atoms with van der Waals surface area (Å²) < 4.78 is 12.6. The average molecular weight is 167 g/mol. The Bertz CT molecular complexity index is 271. The van der Waals surface area contributed by atoms with Crippen molar-refractivity contribution in [2.75, 3.05) is 18.0 Å². The van der Waals surface area contributed by atoms with Crippen molar-refractivity contribution in [3.8, 4) is 0 Å². The van der Waals surface area contributed by atoms with Crippen molar-refractivity contribution >= 4 is 5.82 Å². The number of anilines is 1. The van der Waals surface area contributed by atoms with E-state index < -0.39 is 5.95 Å². The lowest BCUT2D eigenvalue weighted by Gasteiger charge is -2.14. The van der Waals surface area contributed by atoms with Gasteiger partial charge in [-0.2, -0.15) is 4.39 Å². The van der Waals surface area contributed by atoms with Crippen LogP contribution < -0.4 is 4.90 Å². The molecule has 0 radical (unpaired) electrons. The lowest BCUT2D eigenvalue weighted by Crippen LogP contribution is -2.19. The Balaban J connectivity index is 2.21. The number of hydrogen-bond acceptors (Lipinski definition) is 3. The van der Waals surface area contributed by atoms with Crippen LogP contribution >= 0.6 is 0 Å². The topological polar surface area (TPSA) is 29.0 Å². The average Bonchev–Trinajstić information content (AvgIpc) is 2.56. The largest absolute Gasteiger partial charge is 0.356 e. The van der Waals surface area contributed by atoms with Crippen LogP contribution in [-0.4, -0.2) is 23.1 Å². The first-order valence-electron chi connectivity index (χ1n) is 4.09. The summed E-state index contributed by atoms with van der Waals surface area (Å²) in [5.74, 6) is 0.256. The maximum atomic E-state index is 12.6. The molecule has 3 nitrogen and oxygen atoms in total. The highest BCUT2D eigenvalue weighted by atomic mass is 19.1. The van der Waals surface area contributed by atoms with E-state index in [-0.39, 0.29) is 0 Å². The van der Waals surface area contributed by atoms with Gasteiger partial charge in [0.25, 0.3) is 0 Å². The van der Waals surface area contributed by atoms with Crippen LogP contribution in [0.5, 0.6) is 0 Å². The molecule has 12 heavy (non-hydrogen) atoms. The monoisotopic (exact) mass is 167 g/mol. The fraction of sp³-hybridized carbons (Fsp3) is 0.500. The predicted molar refractivity (Wildman–Crippen MR) is 43.4 cm³/mol. The third-order valence-corrected chi connectivity index (χ3v) is 2.05. The van der Waals surface area contributed by atoms with Crippen LogP contribution in [0, 0.1) is 5.95 Å². The molecular weight excluding hydrogens is 157 g/mol. The molecule has 4 heteroatoms. The van der Waals surface area contributed by atoms with Crippen LogP contribution in [0.1, 0.15) is 12.8 Å². The van der Waals surface area contributed by atoms with Gasteiger partial charge in [-0.15, -0.1) is 0 Å². The van der Waals surface area contributed by atoms with Gasteiger partial charge in [0.05, 0.1) is 0 Å². The quantitative estimate of drug-likeness (QED) is 0.589. The van der Waals surface area contributed by atoms with E-state index in [4.69, 9.17) is 0 Å². The van der Waals surface area contributed by atoms with E-state index in [0.717, 1.165) is 13.1 Å². The van der Waals surface area contributed by atoms with Crippen LogP contribution in [0.3, 0.4) is 0 Å². The predicted octanol–water partition coefficient (Wildman–Crippen LogP) is 1.22. The Labute approximate surface area is 70.3 Å². The van der Waals surface area contributed by atoms with Gasteiger partial charge < -0.3 is 4.90 Å². The minimum absolute atomic E-state index is 0.452. The van der Waals surface area contributed by atoms with Gasteiger partial charge in [0.2, 0.25) is 5.95 Å². The molecular formula is C8H10FN3. The van der Waals surface area contributed by atoms with Gasteiger partial charge in [-0.05, 0) is 12.8 Å². The summed E-state index contributed by atoms with van der Waals surface area (Å²) in [4.78, 5) is 9.48. The Kier molecular flexibility index (Phi) is 1.89. The number of nitrogens with zero attached hydrogens (tertiary/aromatic N) is 3. The number of halogens is 1. The molecule has 1 fully saturated rings. The van der Waals surface area contributed by atoms with E-state index in [0.29, 0.717) is 5.82 Å². The molecule has 0 saturated carbocycles. The molecule has 64 valence electrons. The van der Waals surface area contributed by atoms with Crippen molar-refractivity contribution in [1.82, 2.24) is 9.97 Å². The van der Waals surface area contributed by atoms with Gasteiger partial charge in [0.1, 0.15) is 12.1 Å². The normalized spacial score (nSPS) is 16.9. The molecule has 0 aromatic carbocycles. The molecule has 1 aromatic heterocycles. The fourth-order valence-electron chi connectivity index (χ4n) is 1.44. The summed E-state index contributed by atoms with van der Waals surface area (Å²) in [5, 5.41) is 0. The molecule has 1 aliphatic rings. The molecule has 1 aliphatic heterocycles. The summed E-state index contributed by atoms with van der Waals surface area (Å²) in [6.45, 7) is 1.97. The highest BCUT2D eigenvalue weighted by Gasteiger charge is 2.13. The third kappa shape index (κ3) is 1.37. The van der Waals surface area contributed by atoms with E-state index in [9.17, 15) is 4.39 Å². The van der Waals surface area contributed by atoms with E-state index in [1.807, 2.05) is 0 Å². The standard InChI is InChI=1S/C8H10FN3/c9-7-5-8(11-6-10-7)12-3-1-2-4-12/h5-6H,1-4H2. The molecule has 0 amide bonds. The molecule has 2 heterocycles. The van der Waals surface area contributed by atoms with Gasteiger partial charge in [-0.3, -0.25) is 0 Å². The molecule has 0 N–H and O–H groups in total. The minimum Gasteiger partial charge on any atom is -0.356 e. The van der Waals surface area contributed by atoms with E-state index >= 15 is 0 Å². The van der Waals surface area contributed by atoms with Crippen LogP contribution in [-0.2, 0) is 0 Å². The zero-order valence-corrected chi connectivity index (χ0v) is 6.70. The number of aromatic nitrogens is 2. The molecule has 0 aliphatic carbocycles. The van der Waals surface area contributed by atoms with Gasteiger partial charge in [-0.25, -0.2) is 9.97 Å². The lowest BCUT2D eigenvalue weighted by atomic mass is 10.4. The SMILES string of the molecule is Fc1cc(N2CCCC2)ncn1. The molecule has 2 rings (SSSR count). The zero-order valence-electron chi connectivity index (χ0n) is 6.70. The smallest absolute Gasteiger partial charge is 0.218 e. The molecule has 1 saturated heterocycles. The van der Waals surface area contributed by atoms with Gasteiger partial charge in [0, 0.05) is 19.2 Å². The molecule has 0 spiro atoms. The van der Waals surface area contributed by atoms with Gasteiger partial charge >= 0.3 is 0 Å². The Hall–Kier alpha value is -1.19. The van der Waals surface area contributed by atoms with Gasteiger partial charge in [0.15, 0.2) is 0 Å². The summed E-state index contributed by atoms with van der Waals surface area (Å²) >= 11 is 0. The van der Waals surface area contributed by atoms with Crippen molar-refractivity contribution < 1.29 is 4.39 Å². The Morgan fingerprint density at radius 2 is 2.00 bits per heavy atom. The molecule has 0 unspecified atom stereocenters. The van der Waals surface area contributed by atoms with E-state index in [1.165, 1.54) is 25.2 Å². The highest BCUT2D eigenvalue weighted by molar-refractivity contribution is 5.37. The van der Waals surface area contributed by atoms with Crippen LogP contribution in [0.15, 0.2) is 12.4 Å². The second kappa shape index (κ2) is 3.05. The van der Waals surface area contributed by atoms with Crippen molar-refractivity contribution in [3.63, 3.8) is 0 Å². The third-order valence-electron chi connectivity index (χ3n) is 2.05. The summed E-state index contributed by atoms with van der Waals surface area (Å²) in [5.41, 5.74) is 0. The second-order valence-electron chi connectivity index (χ2n) is 2.89. The lowest BCUT2D eigenvalue weighted by molar-refractivity contribution is 0.578. The van der Waals surface area contributed by atoms with Crippen molar-refractivity contribution in [3.05, 3.63) is 18.3 Å². The summed E-state index contributed by atoms with van der Waals surface area (Å²) in [6, 6.07) is 1.38. The van der Waals surface area contributed by atoms with Crippen LogP contribution in [0.2, 0.25) is 0 Å². The van der Waals surface area contributed by atoms with E-state index in [2.05, 4.69) is 14.9 Å². The number of rotatable bonds is 1. The Morgan fingerprint density at radius 3 is 2.67 bits per heavy atom. The highest BCUT2D eigenvalue weighted by Crippen LogP contribution is 2.16. The van der Waals surface area contributed by atoms with E-state index in [1.54, 1.807) is 0 Å². The molecule has 0 atom stereocenters. The van der Waals surface area contributed by atoms with Crippen LogP contribution in [0.25, 0.3) is 0 Å². The maximum absolute atomic E-state index is 12.6.